The van der Waals surface area contributed by atoms with Crippen LogP contribution in [0, 0.1) is 0 Å². The average molecular weight is 302 g/mol. The molecule has 2 aliphatic rings. The van der Waals surface area contributed by atoms with Crippen molar-refractivity contribution in [1.29, 1.82) is 0 Å². The number of aromatic nitrogens is 1. The highest BCUT2D eigenvalue weighted by Crippen LogP contribution is 2.18. The van der Waals surface area contributed by atoms with Gasteiger partial charge in [-0.15, -0.1) is 0 Å². The van der Waals surface area contributed by atoms with Crippen LogP contribution in [0.3, 0.4) is 0 Å². The zero-order chi connectivity index (χ0) is 15.2. The molecule has 22 heavy (non-hydrogen) atoms. The normalized spacial score (nSPS) is 22.4. The van der Waals surface area contributed by atoms with Crippen LogP contribution in [-0.4, -0.2) is 36.6 Å². The largest absolute Gasteiger partial charge is 0.357 e. The second-order valence-electron chi connectivity index (χ2n) is 6.29. The van der Waals surface area contributed by atoms with Gasteiger partial charge in [0.05, 0.1) is 6.04 Å². The van der Waals surface area contributed by atoms with Crippen molar-refractivity contribution >= 4 is 11.7 Å². The van der Waals surface area contributed by atoms with E-state index in [9.17, 15) is 4.79 Å². The number of hydrogen-bond acceptors (Lipinski definition) is 4. The molecule has 0 unspecified atom stereocenters. The molecular weight excluding hydrogens is 276 g/mol. The van der Waals surface area contributed by atoms with Gasteiger partial charge in [-0.2, -0.15) is 0 Å². The number of anilines is 1. The molecule has 0 saturated carbocycles. The number of nitrogens with one attached hydrogen (secondary N) is 2. The molecule has 0 bridgehead atoms. The van der Waals surface area contributed by atoms with Crippen LogP contribution in [-0.2, 0) is 11.3 Å². The molecule has 120 valence electrons. The van der Waals surface area contributed by atoms with Gasteiger partial charge in [0.1, 0.15) is 5.82 Å². The second kappa shape index (κ2) is 7.58. The van der Waals surface area contributed by atoms with Crippen LogP contribution < -0.4 is 15.5 Å². The van der Waals surface area contributed by atoms with Gasteiger partial charge < -0.3 is 15.5 Å². The lowest BCUT2D eigenvalue weighted by molar-refractivity contribution is -0.123. The van der Waals surface area contributed by atoms with Gasteiger partial charge in [0.15, 0.2) is 0 Å². The summed E-state index contributed by atoms with van der Waals surface area (Å²) >= 11 is 0. The molecule has 2 N–H and O–H groups in total. The molecule has 0 radical (unpaired) electrons. The lowest BCUT2D eigenvalue weighted by Crippen LogP contribution is -2.46. The van der Waals surface area contributed by atoms with Crippen molar-refractivity contribution in [1.82, 2.24) is 15.6 Å². The molecule has 3 heterocycles. The van der Waals surface area contributed by atoms with Crippen LogP contribution in [0.2, 0.25) is 0 Å². The van der Waals surface area contributed by atoms with Crippen molar-refractivity contribution in [2.24, 2.45) is 0 Å². The lowest BCUT2D eigenvalue weighted by Gasteiger charge is -2.28. The van der Waals surface area contributed by atoms with Gasteiger partial charge in [-0.1, -0.05) is 6.42 Å². The highest BCUT2D eigenvalue weighted by molar-refractivity contribution is 5.81. The molecule has 5 heteroatoms. The van der Waals surface area contributed by atoms with Crippen molar-refractivity contribution in [3.63, 3.8) is 0 Å². The first-order valence-electron chi connectivity index (χ1n) is 8.54. The van der Waals surface area contributed by atoms with Crippen molar-refractivity contribution in [3.05, 3.63) is 23.9 Å². The zero-order valence-electron chi connectivity index (χ0n) is 13.2. The molecule has 2 aliphatic heterocycles. The van der Waals surface area contributed by atoms with Gasteiger partial charge in [-0.25, -0.2) is 4.98 Å². The first kappa shape index (κ1) is 15.3. The number of rotatable bonds is 4. The van der Waals surface area contributed by atoms with Crippen LogP contribution in [0.4, 0.5) is 5.82 Å². The number of carbonyl (C=O) groups excluding carboxylic acids is 1. The van der Waals surface area contributed by atoms with E-state index in [0.717, 1.165) is 43.9 Å². The first-order valence-corrected chi connectivity index (χ1v) is 8.54. The van der Waals surface area contributed by atoms with E-state index >= 15 is 0 Å². The topological polar surface area (TPSA) is 57.3 Å². The van der Waals surface area contributed by atoms with Crippen molar-refractivity contribution < 1.29 is 4.79 Å². The highest BCUT2D eigenvalue weighted by Gasteiger charge is 2.20. The van der Waals surface area contributed by atoms with Crippen LogP contribution in [0.5, 0.6) is 0 Å². The molecular formula is C17H26N4O. The Bertz CT molecular complexity index is 493. The average Bonchev–Trinajstić information content (AvgIpc) is 2.61. The quantitative estimate of drug-likeness (QED) is 0.891. The van der Waals surface area contributed by atoms with E-state index in [-0.39, 0.29) is 11.9 Å². The summed E-state index contributed by atoms with van der Waals surface area (Å²) in [7, 11) is 0. The van der Waals surface area contributed by atoms with Gasteiger partial charge in [-0.05, 0) is 56.3 Å². The Balaban J connectivity index is 1.54. The molecule has 1 aromatic heterocycles. The summed E-state index contributed by atoms with van der Waals surface area (Å²) in [6, 6.07) is 4.08. The van der Waals surface area contributed by atoms with Crippen molar-refractivity contribution in [2.45, 2.75) is 51.1 Å². The van der Waals surface area contributed by atoms with E-state index in [1.807, 2.05) is 12.3 Å². The summed E-state index contributed by atoms with van der Waals surface area (Å²) in [5.41, 5.74) is 1.12. The fourth-order valence-electron chi connectivity index (χ4n) is 3.25. The molecule has 0 aliphatic carbocycles. The number of pyridine rings is 1. The summed E-state index contributed by atoms with van der Waals surface area (Å²) in [4.78, 5) is 19.0. The minimum atomic E-state index is -0.0165. The van der Waals surface area contributed by atoms with Gasteiger partial charge in [0.25, 0.3) is 0 Å². The molecule has 5 nitrogen and oxygen atoms in total. The van der Waals surface area contributed by atoms with Gasteiger partial charge in [0.2, 0.25) is 5.91 Å². The SMILES string of the molecule is O=C(NCc1ccnc(N2CCCCC2)c1)[C@H]1CCCCN1. The Kier molecular flexibility index (Phi) is 5.27. The number of amides is 1. The van der Waals surface area contributed by atoms with E-state index in [0.29, 0.717) is 6.54 Å². The first-order chi connectivity index (χ1) is 10.8. The van der Waals surface area contributed by atoms with E-state index in [1.165, 1.54) is 25.7 Å². The van der Waals surface area contributed by atoms with Crippen LogP contribution in [0.1, 0.15) is 44.1 Å². The molecule has 2 saturated heterocycles. The molecule has 0 spiro atoms. The summed E-state index contributed by atoms with van der Waals surface area (Å²) in [6.45, 7) is 3.72. The maximum Gasteiger partial charge on any atom is 0.237 e. The number of hydrogen-bond donors (Lipinski definition) is 2. The number of carbonyl (C=O) groups is 1. The van der Waals surface area contributed by atoms with Crippen LogP contribution >= 0.6 is 0 Å². The minimum Gasteiger partial charge on any atom is -0.357 e. The maximum atomic E-state index is 12.2. The minimum absolute atomic E-state index is 0.0165. The predicted molar refractivity (Wildman–Crippen MR) is 87.8 cm³/mol. The van der Waals surface area contributed by atoms with Gasteiger partial charge in [-0.3, -0.25) is 4.79 Å². The second-order valence-corrected chi connectivity index (χ2v) is 6.29. The molecule has 2 fully saturated rings. The third-order valence-corrected chi connectivity index (χ3v) is 4.58. The van der Waals surface area contributed by atoms with Crippen molar-refractivity contribution in [2.75, 3.05) is 24.5 Å². The monoisotopic (exact) mass is 302 g/mol. The Morgan fingerprint density at radius 3 is 2.91 bits per heavy atom. The standard InChI is InChI=1S/C17H26N4O/c22-17(15-6-2-3-8-18-15)20-13-14-7-9-19-16(12-14)21-10-4-1-5-11-21/h7,9,12,15,18H,1-6,8,10-11,13H2,(H,20,22)/t15-/m1/s1. The van der Waals surface area contributed by atoms with Crippen LogP contribution in [0.15, 0.2) is 18.3 Å². The molecule has 0 aromatic carbocycles. The number of nitrogens with zero attached hydrogens (tertiary/aromatic N) is 2. The Hall–Kier alpha value is -1.62. The van der Waals surface area contributed by atoms with Crippen molar-refractivity contribution in [3.8, 4) is 0 Å². The third-order valence-electron chi connectivity index (χ3n) is 4.58. The smallest absolute Gasteiger partial charge is 0.237 e. The summed E-state index contributed by atoms with van der Waals surface area (Å²) in [5, 5.41) is 6.34. The number of piperidine rings is 2. The van der Waals surface area contributed by atoms with Crippen LogP contribution in [0.25, 0.3) is 0 Å². The third kappa shape index (κ3) is 3.97. The van der Waals surface area contributed by atoms with Gasteiger partial charge >= 0.3 is 0 Å². The van der Waals surface area contributed by atoms with E-state index in [2.05, 4.69) is 26.6 Å². The van der Waals surface area contributed by atoms with E-state index in [1.54, 1.807) is 0 Å². The molecule has 1 aromatic rings. The Morgan fingerprint density at radius 2 is 2.14 bits per heavy atom. The fraction of sp³-hybridized carbons (Fsp3) is 0.647. The Labute approximate surface area is 132 Å². The predicted octanol–water partition coefficient (Wildman–Crippen LogP) is 1.83. The van der Waals surface area contributed by atoms with E-state index in [4.69, 9.17) is 0 Å². The highest BCUT2D eigenvalue weighted by atomic mass is 16.2. The molecule has 3 rings (SSSR count). The molecule has 1 atom stereocenters. The lowest BCUT2D eigenvalue weighted by atomic mass is 10.0. The zero-order valence-corrected chi connectivity index (χ0v) is 13.2. The fourth-order valence-corrected chi connectivity index (χ4v) is 3.25. The Morgan fingerprint density at radius 1 is 1.27 bits per heavy atom. The summed E-state index contributed by atoms with van der Waals surface area (Å²) in [5.74, 6) is 1.17. The maximum absolute atomic E-state index is 12.2. The summed E-state index contributed by atoms with van der Waals surface area (Å²) in [6.07, 6.45) is 8.92. The molecule has 1 amide bonds. The van der Waals surface area contributed by atoms with E-state index < -0.39 is 0 Å². The summed E-state index contributed by atoms with van der Waals surface area (Å²) < 4.78 is 0. The van der Waals surface area contributed by atoms with Gasteiger partial charge in [0, 0.05) is 25.8 Å².